The quantitative estimate of drug-likeness (QED) is 0.770. The van der Waals surface area contributed by atoms with Crippen LogP contribution in [0.3, 0.4) is 0 Å². The normalized spacial score (nSPS) is 18.9. The van der Waals surface area contributed by atoms with Gasteiger partial charge in [0, 0.05) is 11.9 Å². The third-order valence-electron chi connectivity index (χ3n) is 5.17. The lowest BCUT2D eigenvalue weighted by atomic mass is 9.98. The van der Waals surface area contributed by atoms with E-state index in [1.165, 1.54) is 5.56 Å². The zero-order valence-corrected chi connectivity index (χ0v) is 14.8. The average molecular weight is 346 g/mol. The Kier molecular flexibility index (Phi) is 4.43. The fraction of sp³-hybridized carbons (Fsp3) is 0.273. The van der Waals surface area contributed by atoms with Crippen LogP contribution in [0.4, 0.5) is 0 Å². The highest BCUT2D eigenvalue weighted by molar-refractivity contribution is 5.78. The molecule has 0 amide bonds. The van der Waals surface area contributed by atoms with E-state index >= 15 is 0 Å². The molecule has 1 N–H and O–H groups in total. The standard InChI is InChI=1S/C22H22N2O2/c1-15-6-4-8-17(14-15)21(24-13-5-10-20(24)22(25)26)19-12-11-16-7-2-3-9-18(16)23-19/h2-4,6-9,11-12,14,20-21H,5,10,13H2,1H3,(H,25,26). The van der Waals surface area contributed by atoms with Crippen LogP contribution in [0.25, 0.3) is 10.9 Å². The van der Waals surface area contributed by atoms with Gasteiger partial charge in [0.15, 0.2) is 0 Å². The van der Waals surface area contributed by atoms with E-state index in [9.17, 15) is 9.90 Å². The number of hydrogen-bond acceptors (Lipinski definition) is 3. The van der Waals surface area contributed by atoms with E-state index in [4.69, 9.17) is 4.98 Å². The van der Waals surface area contributed by atoms with Crippen molar-refractivity contribution in [3.63, 3.8) is 0 Å². The first-order valence-electron chi connectivity index (χ1n) is 9.04. The lowest BCUT2D eigenvalue weighted by molar-refractivity contribution is -0.142. The van der Waals surface area contributed by atoms with Crippen molar-refractivity contribution in [2.45, 2.75) is 31.8 Å². The maximum atomic E-state index is 11.8. The van der Waals surface area contributed by atoms with Gasteiger partial charge in [0.1, 0.15) is 6.04 Å². The van der Waals surface area contributed by atoms with Gasteiger partial charge in [-0.3, -0.25) is 14.7 Å². The van der Waals surface area contributed by atoms with Gasteiger partial charge < -0.3 is 5.11 Å². The third-order valence-corrected chi connectivity index (χ3v) is 5.17. The number of carbonyl (C=O) groups is 1. The second-order valence-electron chi connectivity index (χ2n) is 6.98. The molecule has 3 aromatic rings. The molecule has 4 rings (SSSR count). The largest absolute Gasteiger partial charge is 0.480 e. The van der Waals surface area contributed by atoms with E-state index in [0.717, 1.165) is 35.1 Å². The minimum atomic E-state index is -0.749. The predicted octanol–water partition coefficient (Wildman–Crippen LogP) is 4.18. The molecule has 1 aliphatic rings. The number of aromatic nitrogens is 1. The number of pyridine rings is 1. The molecule has 2 atom stereocenters. The summed E-state index contributed by atoms with van der Waals surface area (Å²) in [5.41, 5.74) is 4.11. The van der Waals surface area contributed by atoms with E-state index in [2.05, 4.69) is 36.1 Å². The van der Waals surface area contributed by atoms with Crippen molar-refractivity contribution >= 4 is 16.9 Å². The molecule has 132 valence electrons. The number of carboxylic acids is 1. The maximum absolute atomic E-state index is 11.8. The summed E-state index contributed by atoms with van der Waals surface area (Å²) in [6.45, 7) is 2.83. The summed E-state index contributed by atoms with van der Waals surface area (Å²) in [5.74, 6) is -0.749. The molecule has 0 bridgehead atoms. The number of rotatable bonds is 4. The Morgan fingerprint density at radius 2 is 2.00 bits per heavy atom. The zero-order chi connectivity index (χ0) is 18.1. The van der Waals surface area contributed by atoms with E-state index in [1.807, 2.05) is 36.4 Å². The van der Waals surface area contributed by atoms with Crippen LogP contribution in [-0.4, -0.2) is 33.5 Å². The molecule has 0 saturated carbocycles. The SMILES string of the molecule is Cc1cccc(C(c2ccc3ccccc3n2)N2CCCC2C(=O)O)c1. The van der Waals surface area contributed by atoms with Crippen molar-refractivity contribution in [1.82, 2.24) is 9.88 Å². The number of aliphatic carboxylic acids is 1. The lowest BCUT2D eigenvalue weighted by Gasteiger charge is -2.31. The molecule has 26 heavy (non-hydrogen) atoms. The Labute approximate surface area is 153 Å². The summed E-state index contributed by atoms with van der Waals surface area (Å²) >= 11 is 0. The zero-order valence-electron chi connectivity index (χ0n) is 14.8. The molecule has 1 saturated heterocycles. The van der Waals surface area contributed by atoms with Crippen LogP contribution in [0.15, 0.2) is 60.7 Å². The molecule has 0 aliphatic carbocycles. The number of likely N-dealkylation sites (tertiary alicyclic amines) is 1. The molecule has 2 aromatic carbocycles. The summed E-state index contributed by atoms with van der Waals surface area (Å²) in [6.07, 6.45) is 1.58. The van der Waals surface area contributed by atoms with Crippen LogP contribution in [0, 0.1) is 6.92 Å². The van der Waals surface area contributed by atoms with Gasteiger partial charge in [-0.15, -0.1) is 0 Å². The van der Waals surface area contributed by atoms with Crippen LogP contribution in [0.5, 0.6) is 0 Å². The van der Waals surface area contributed by atoms with Crippen molar-refractivity contribution in [2.75, 3.05) is 6.54 Å². The van der Waals surface area contributed by atoms with Crippen molar-refractivity contribution in [3.05, 3.63) is 77.5 Å². The third kappa shape index (κ3) is 3.08. The minimum absolute atomic E-state index is 0.150. The molecule has 1 aromatic heterocycles. The number of aryl methyl sites for hydroxylation is 1. The monoisotopic (exact) mass is 346 g/mol. The first kappa shape index (κ1) is 16.7. The summed E-state index contributed by atoms with van der Waals surface area (Å²) in [6, 6.07) is 19.8. The maximum Gasteiger partial charge on any atom is 0.320 e. The Balaban J connectivity index is 1.85. The summed E-state index contributed by atoms with van der Waals surface area (Å²) in [5, 5.41) is 10.8. The fourth-order valence-corrected chi connectivity index (χ4v) is 3.97. The van der Waals surface area contributed by atoms with Gasteiger partial charge in [0.25, 0.3) is 0 Å². The molecule has 1 fully saturated rings. The van der Waals surface area contributed by atoms with Gasteiger partial charge in [0.05, 0.1) is 17.3 Å². The molecular weight excluding hydrogens is 324 g/mol. The molecule has 0 radical (unpaired) electrons. The Morgan fingerprint density at radius 1 is 1.15 bits per heavy atom. The van der Waals surface area contributed by atoms with Gasteiger partial charge in [-0.1, -0.05) is 54.1 Å². The minimum Gasteiger partial charge on any atom is -0.480 e. The Bertz CT molecular complexity index is 954. The second-order valence-corrected chi connectivity index (χ2v) is 6.98. The summed E-state index contributed by atoms with van der Waals surface area (Å²) < 4.78 is 0. The Hall–Kier alpha value is -2.72. The van der Waals surface area contributed by atoms with Crippen molar-refractivity contribution in [1.29, 1.82) is 0 Å². The smallest absolute Gasteiger partial charge is 0.320 e. The van der Waals surface area contributed by atoms with Gasteiger partial charge in [-0.05, 0) is 37.5 Å². The number of hydrogen-bond donors (Lipinski definition) is 1. The van der Waals surface area contributed by atoms with E-state index in [-0.39, 0.29) is 6.04 Å². The number of benzene rings is 2. The van der Waals surface area contributed by atoms with Gasteiger partial charge >= 0.3 is 5.97 Å². The highest BCUT2D eigenvalue weighted by atomic mass is 16.4. The number of para-hydroxylation sites is 1. The molecule has 2 unspecified atom stereocenters. The van der Waals surface area contributed by atoms with Crippen LogP contribution in [0.1, 0.15) is 35.7 Å². The molecular formula is C22H22N2O2. The average Bonchev–Trinajstić information content (AvgIpc) is 3.11. The highest BCUT2D eigenvalue weighted by Crippen LogP contribution is 2.35. The molecule has 4 heteroatoms. The lowest BCUT2D eigenvalue weighted by Crippen LogP contribution is -2.39. The molecule has 2 heterocycles. The van der Waals surface area contributed by atoms with E-state index in [1.54, 1.807) is 0 Å². The van der Waals surface area contributed by atoms with Crippen LogP contribution < -0.4 is 0 Å². The predicted molar refractivity (Wildman–Crippen MR) is 102 cm³/mol. The summed E-state index contributed by atoms with van der Waals surface area (Å²) in [4.78, 5) is 18.8. The first-order valence-corrected chi connectivity index (χ1v) is 9.04. The van der Waals surface area contributed by atoms with Crippen LogP contribution >= 0.6 is 0 Å². The van der Waals surface area contributed by atoms with Crippen LogP contribution in [0.2, 0.25) is 0 Å². The topological polar surface area (TPSA) is 53.4 Å². The molecule has 4 nitrogen and oxygen atoms in total. The first-order chi connectivity index (χ1) is 12.6. The number of nitrogens with zero attached hydrogens (tertiary/aromatic N) is 2. The van der Waals surface area contributed by atoms with Crippen LogP contribution in [-0.2, 0) is 4.79 Å². The van der Waals surface area contributed by atoms with Crippen molar-refractivity contribution in [2.24, 2.45) is 0 Å². The Morgan fingerprint density at radius 3 is 2.81 bits per heavy atom. The van der Waals surface area contributed by atoms with Gasteiger partial charge in [0.2, 0.25) is 0 Å². The molecule has 0 spiro atoms. The highest BCUT2D eigenvalue weighted by Gasteiger charge is 2.37. The van der Waals surface area contributed by atoms with Crippen molar-refractivity contribution < 1.29 is 9.90 Å². The van der Waals surface area contributed by atoms with E-state index < -0.39 is 12.0 Å². The van der Waals surface area contributed by atoms with E-state index in [0.29, 0.717) is 6.42 Å². The number of carboxylic acid groups (broad SMARTS) is 1. The fourth-order valence-electron chi connectivity index (χ4n) is 3.97. The summed E-state index contributed by atoms with van der Waals surface area (Å²) in [7, 11) is 0. The number of fused-ring (bicyclic) bond motifs is 1. The molecule has 1 aliphatic heterocycles. The second kappa shape index (κ2) is 6.89. The van der Waals surface area contributed by atoms with Gasteiger partial charge in [-0.2, -0.15) is 0 Å². The van der Waals surface area contributed by atoms with Gasteiger partial charge in [-0.25, -0.2) is 0 Å². The van der Waals surface area contributed by atoms with Crippen molar-refractivity contribution in [3.8, 4) is 0 Å².